The molecule has 0 saturated heterocycles. The summed E-state index contributed by atoms with van der Waals surface area (Å²) in [6, 6.07) is 0. The Morgan fingerprint density at radius 2 is 1.90 bits per heavy atom. The van der Waals surface area contributed by atoms with Gasteiger partial charge in [-0.25, -0.2) is 0 Å². The van der Waals surface area contributed by atoms with Crippen LogP contribution in [0.25, 0.3) is 0 Å². The van der Waals surface area contributed by atoms with E-state index in [1.807, 2.05) is 0 Å². The molecule has 0 aromatic rings. The monoisotopic (exact) mass is 416 g/mol. The summed E-state index contributed by atoms with van der Waals surface area (Å²) in [4.78, 5) is 0. The summed E-state index contributed by atoms with van der Waals surface area (Å²) in [5.74, 6) is 1.89. The quantitative estimate of drug-likeness (QED) is 0.520. The second-order valence-electron chi connectivity index (χ2n) is 11.3. The van der Waals surface area contributed by atoms with Gasteiger partial charge in [-0.1, -0.05) is 43.7 Å². The van der Waals surface area contributed by atoms with E-state index in [2.05, 4.69) is 32.6 Å². The number of allylic oxidation sites excluding steroid dienone is 4. The van der Waals surface area contributed by atoms with Crippen LogP contribution in [0.2, 0.25) is 0 Å². The number of hydrogen-bond acceptors (Lipinski definition) is 3. The first-order chi connectivity index (χ1) is 14.0. The molecule has 3 aliphatic carbocycles. The van der Waals surface area contributed by atoms with Crippen molar-refractivity contribution in [1.29, 1.82) is 0 Å². The van der Waals surface area contributed by atoms with E-state index in [0.717, 1.165) is 25.7 Å². The summed E-state index contributed by atoms with van der Waals surface area (Å²) in [6.45, 7) is 12.5. The van der Waals surface area contributed by atoms with E-state index in [-0.39, 0.29) is 6.10 Å². The van der Waals surface area contributed by atoms with Gasteiger partial charge in [0.2, 0.25) is 0 Å². The Morgan fingerprint density at radius 3 is 2.60 bits per heavy atom. The van der Waals surface area contributed by atoms with E-state index in [1.165, 1.54) is 43.3 Å². The fraction of sp³-hybridized carbons (Fsp3) is 0.778. The van der Waals surface area contributed by atoms with Crippen LogP contribution >= 0.6 is 0 Å². The number of aliphatic hydroxyl groups excluding tert-OH is 2. The van der Waals surface area contributed by atoms with Crippen LogP contribution in [0.5, 0.6) is 0 Å². The second-order valence-corrected chi connectivity index (χ2v) is 11.3. The van der Waals surface area contributed by atoms with Crippen LogP contribution < -0.4 is 0 Å². The lowest BCUT2D eigenvalue weighted by atomic mass is 9.60. The Morgan fingerprint density at radius 1 is 1.17 bits per heavy atom. The minimum absolute atomic E-state index is 0.215. The summed E-state index contributed by atoms with van der Waals surface area (Å²) in [5.41, 5.74) is 3.34. The average Bonchev–Trinajstić information content (AvgIpc) is 3.03. The lowest BCUT2D eigenvalue weighted by Crippen LogP contribution is -2.38. The summed E-state index contributed by atoms with van der Waals surface area (Å²) in [7, 11) is 0. The summed E-state index contributed by atoms with van der Waals surface area (Å²) in [6.07, 6.45) is 14.1. The number of aliphatic hydroxyl groups is 3. The van der Waals surface area contributed by atoms with Gasteiger partial charge >= 0.3 is 0 Å². The summed E-state index contributed by atoms with van der Waals surface area (Å²) < 4.78 is 0. The van der Waals surface area contributed by atoms with Crippen LogP contribution in [-0.2, 0) is 0 Å². The van der Waals surface area contributed by atoms with Crippen LogP contribution in [0, 0.1) is 23.2 Å². The van der Waals surface area contributed by atoms with E-state index in [1.54, 1.807) is 19.4 Å². The molecule has 0 radical (unpaired) electrons. The zero-order valence-electron chi connectivity index (χ0n) is 19.7. The molecule has 3 fully saturated rings. The first-order valence-electron chi connectivity index (χ1n) is 12.2. The lowest BCUT2D eigenvalue weighted by molar-refractivity contribution is -0.0554. The molecule has 3 N–H and O–H groups in total. The highest BCUT2D eigenvalue weighted by Crippen LogP contribution is 2.60. The van der Waals surface area contributed by atoms with Gasteiger partial charge in [-0.15, -0.1) is 0 Å². The van der Waals surface area contributed by atoms with Crippen molar-refractivity contribution in [2.24, 2.45) is 23.2 Å². The Balaban J connectivity index is 1.69. The summed E-state index contributed by atoms with van der Waals surface area (Å²) in [5, 5.41) is 30.3. The first kappa shape index (κ1) is 23.8. The molecule has 0 heterocycles. The van der Waals surface area contributed by atoms with E-state index in [9.17, 15) is 15.3 Å². The molecule has 3 heteroatoms. The van der Waals surface area contributed by atoms with E-state index >= 15 is 0 Å². The van der Waals surface area contributed by atoms with Gasteiger partial charge in [-0.3, -0.25) is 0 Å². The van der Waals surface area contributed by atoms with Gasteiger partial charge in [-0.05, 0) is 107 Å². The van der Waals surface area contributed by atoms with E-state index in [0.29, 0.717) is 29.6 Å². The maximum Gasteiger partial charge on any atom is 0.0849 e. The van der Waals surface area contributed by atoms with Gasteiger partial charge in [0.25, 0.3) is 0 Å². The Hall–Kier alpha value is -0.900. The second kappa shape index (κ2) is 9.30. The van der Waals surface area contributed by atoms with Crippen molar-refractivity contribution in [3.05, 3.63) is 35.5 Å². The fourth-order valence-corrected chi connectivity index (χ4v) is 6.58. The topological polar surface area (TPSA) is 60.7 Å². The van der Waals surface area contributed by atoms with Crippen LogP contribution in [0.3, 0.4) is 0 Å². The predicted molar refractivity (Wildman–Crippen MR) is 124 cm³/mol. The highest BCUT2D eigenvalue weighted by molar-refractivity contribution is 5.36. The zero-order chi connectivity index (χ0) is 22.1. The molecule has 30 heavy (non-hydrogen) atoms. The van der Waals surface area contributed by atoms with Crippen molar-refractivity contribution in [2.75, 3.05) is 0 Å². The minimum Gasteiger partial charge on any atom is -0.393 e. The van der Waals surface area contributed by atoms with Gasteiger partial charge in [0, 0.05) is 0 Å². The highest BCUT2D eigenvalue weighted by Gasteiger charge is 2.50. The van der Waals surface area contributed by atoms with Crippen LogP contribution in [0.15, 0.2) is 35.5 Å². The molecule has 170 valence electrons. The average molecular weight is 417 g/mol. The van der Waals surface area contributed by atoms with Crippen molar-refractivity contribution in [3.63, 3.8) is 0 Å². The molecular weight excluding hydrogens is 372 g/mol. The zero-order valence-corrected chi connectivity index (χ0v) is 19.7. The Bertz CT molecular complexity index is 683. The third-order valence-corrected chi connectivity index (χ3v) is 8.62. The van der Waals surface area contributed by atoms with Crippen molar-refractivity contribution >= 4 is 0 Å². The largest absolute Gasteiger partial charge is 0.393 e. The first-order valence-corrected chi connectivity index (χ1v) is 12.2. The Labute approximate surface area is 184 Å². The number of fused-ring (bicyclic) bond motifs is 1. The molecular formula is C27H44O3. The van der Waals surface area contributed by atoms with Gasteiger partial charge in [0.05, 0.1) is 17.8 Å². The van der Waals surface area contributed by atoms with Crippen molar-refractivity contribution in [1.82, 2.24) is 0 Å². The number of rotatable bonds is 6. The maximum absolute atomic E-state index is 10.3. The van der Waals surface area contributed by atoms with Crippen LogP contribution in [0.1, 0.15) is 91.9 Å². The summed E-state index contributed by atoms with van der Waals surface area (Å²) >= 11 is 0. The molecule has 6 atom stereocenters. The van der Waals surface area contributed by atoms with Gasteiger partial charge in [0.1, 0.15) is 0 Å². The highest BCUT2D eigenvalue weighted by atomic mass is 16.3. The van der Waals surface area contributed by atoms with E-state index in [4.69, 9.17) is 0 Å². The minimum atomic E-state index is -1.02. The van der Waals surface area contributed by atoms with Crippen LogP contribution in [-0.4, -0.2) is 33.1 Å². The third kappa shape index (κ3) is 5.11. The number of hydrogen-bond donors (Lipinski definition) is 3. The standard InChI is InChI=1S/C27H44O3/c1-18-8-12-22(28)17-21(18)11-10-20-7-6-16-27(5)23(13-14-24(20)27)19(2)9-15-25(29)26(3,4)30/h10-11,19,22-25,28-30H,1,6-9,12-17H2,2-5H3/b20-10+,21-11?/t19-,22-,23-,24+,25?,27-/m1/s1. The van der Waals surface area contributed by atoms with Gasteiger partial charge < -0.3 is 15.3 Å². The molecule has 1 unspecified atom stereocenters. The fourth-order valence-electron chi connectivity index (χ4n) is 6.58. The molecule has 3 rings (SSSR count). The molecule has 0 aromatic heterocycles. The lowest BCUT2D eigenvalue weighted by Gasteiger charge is -2.44. The van der Waals surface area contributed by atoms with Crippen molar-refractivity contribution < 1.29 is 15.3 Å². The van der Waals surface area contributed by atoms with Crippen LogP contribution in [0.4, 0.5) is 0 Å². The van der Waals surface area contributed by atoms with Crippen molar-refractivity contribution in [2.45, 2.75) is 110 Å². The molecule has 0 bridgehead atoms. The maximum atomic E-state index is 10.3. The van der Waals surface area contributed by atoms with Crippen molar-refractivity contribution in [3.8, 4) is 0 Å². The smallest absolute Gasteiger partial charge is 0.0849 e. The molecule has 0 spiro atoms. The molecule has 0 aliphatic heterocycles. The SMILES string of the molecule is C=C1CC[C@@H](O)CC1=C/C=C1\CCC[C@]2(C)[C@@H]([C@H](C)CCC(O)C(C)(C)O)CC[C@@H]12. The molecule has 3 nitrogen and oxygen atoms in total. The third-order valence-electron chi connectivity index (χ3n) is 8.62. The molecule has 0 amide bonds. The normalized spacial score (nSPS) is 37.4. The predicted octanol–water partition coefficient (Wildman–Crippen LogP) is 5.70. The molecule has 3 aliphatic rings. The molecule has 0 aromatic carbocycles. The molecule has 3 saturated carbocycles. The van der Waals surface area contributed by atoms with E-state index < -0.39 is 11.7 Å². The van der Waals surface area contributed by atoms with Gasteiger partial charge in [-0.2, -0.15) is 0 Å². The Kier molecular flexibility index (Phi) is 7.37. The van der Waals surface area contributed by atoms with Gasteiger partial charge in [0.15, 0.2) is 0 Å².